The third-order valence-corrected chi connectivity index (χ3v) is 4.10. The number of ether oxygens (including phenoxy) is 1. The largest absolute Gasteiger partial charge is 0.497 e. The molecule has 1 aromatic carbocycles. The van der Waals surface area contributed by atoms with E-state index in [0.717, 1.165) is 17.9 Å². The van der Waals surface area contributed by atoms with Gasteiger partial charge in [0.25, 0.3) is 0 Å². The lowest BCUT2D eigenvalue weighted by Crippen LogP contribution is -2.37. The fourth-order valence-corrected chi connectivity index (χ4v) is 3.04. The van der Waals surface area contributed by atoms with Crippen LogP contribution in [0.3, 0.4) is 0 Å². The molecular weight excluding hydrogens is 266 g/mol. The van der Waals surface area contributed by atoms with Crippen molar-refractivity contribution in [1.29, 1.82) is 0 Å². The van der Waals surface area contributed by atoms with Crippen LogP contribution in [0.5, 0.6) is 5.75 Å². The Morgan fingerprint density at radius 1 is 1.38 bits per heavy atom. The number of rotatable bonds is 5. The highest BCUT2D eigenvalue weighted by Gasteiger charge is 2.30. The van der Waals surface area contributed by atoms with Crippen LogP contribution in [-0.4, -0.2) is 23.7 Å². The van der Waals surface area contributed by atoms with Gasteiger partial charge in [-0.05, 0) is 56.9 Å². The molecule has 2 N–H and O–H groups in total. The molecule has 1 aromatic rings. The van der Waals surface area contributed by atoms with E-state index in [1.165, 1.54) is 16.7 Å². The van der Waals surface area contributed by atoms with Gasteiger partial charge in [-0.3, -0.25) is 4.79 Å². The molecule has 2 rings (SSSR count). The Labute approximate surface area is 125 Å². The van der Waals surface area contributed by atoms with Gasteiger partial charge in [-0.25, -0.2) is 0 Å². The molecule has 1 heterocycles. The molecule has 0 bridgehead atoms. The maximum Gasteiger partial charge on any atom is 0.303 e. The van der Waals surface area contributed by atoms with Crippen LogP contribution in [0.1, 0.15) is 45.6 Å². The van der Waals surface area contributed by atoms with Crippen LogP contribution >= 0.6 is 0 Å². The Bertz CT molecular complexity index is 588. The highest BCUT2D eigenvalue weighted by Crippen LogP contribution is 2.41. The van der Waals surface area contributed by atoms with E-state index < -0.39 is 5.97 Å². The van der Waals surface area contributed by atoms with Crippen LogP contribution in [-0.2, 0) is 4.79 Å². The zero-order valence-electron chi connectivity index (χ0n) is 13.1. The summed E-state index contributed by atoms with van der Waals surface area (Å²) in [6.07, 6.45) is 1.67. The number of anilines is 1. The van der Waals surface area contributed by atoms with E-state index in [-0.39, 0.29) is 12.0 Å². The van der Waals surface area contributed by atoms with Gasteiger partial charge in [0, 0.05) is 23.7 Å². The van der Waals surface area contributed by atoms with Crippen molar-refractivity contribution in [3.05, 3.63) is 29.3 Å². The summed E-state index contributed by atoms with van der Waals surface area (Å²) >= 11 is 0. The lowest BCUT2D eigenvalue weighted by atomic mass is 9.80. The smallest absolute Gasteiger partial charge is 0.303 e. The highest BCUT2D eigenvalue weighted by molar-refractivity contribution is 5.83. The Morgan fingerprint density at radius 2 is 2.10 bits per heavy atom. The number of allylic oxidation sites excluding steroid dienone is 1. The number of methoxy groups -OCH3 is 1. The highest BCUT2D eigenvalue weighted by atomic mass is 16.5. The van der Waals surface area contributed by atoms with Crippen molar-refractivity contribution in [3.63, 3.8) is 0 Å². The predicted octanol–water partition coefficient (Wildman–Crippen LogP) is 3.93. The summed E-state index contributed by atoms with van der Waals surface area (Å²) in [6, 6.07) is 6.02. The molecule has 0 aromatic heterocycles. The van der Waals surface area contributed by atoms with Gasteiger partial charge in [0.2, 0.25) is 0 Å². The summed E-state index contributed by atoms with van der Waals surface area (Å²) in [5, 5.41) is 12.4. The Kier molecular flexibility index (Phi) is 4.26. The van der Waals surface area contributed by atoms with E-state index in [2.05, 4.69) is 32.2 Å². The lowest BCUT2D eigenvalue weighted by molar-refractivity contribution is -0.137. The number of benzene rings is 1. The fourth-order valence-electron chi connectivity index (χ4n) is 3.04. The molecule has 0 atom stereocenters. The van der Waals surface area contributed by atoms with Crippen LogP contribution in [0, 0.1) is 0 Å². The summed E-state index contributed by atoms with van der Waals surface area (Å²) in [5.41, 5.74) is 4.57. The van der Waals surface area contributed by atoms with E-state index in [0.29, 0.717) is 6.42 Å². The summed E-state index contributed by atoms with van der Waals surface area (Å²) in [5.74, 6) is 0.0964. The summed E-state index contributed by atoms with van der Waals surface area (Å²) in [6.45, 7) is 6.38. The van der Waals surface area contributed by atoms with Crippen LogP contribution in [0.2, 0.25) is 0 Å². The molecule has 4 nitrogen and oxygen atoms in total. The third kappa shape index (κ3) is 3.20. The molecule has 0 amide bonds. The Morgan fingerprint density at radius 3 is 2.71 bits per heavy atom. The zero-order chi connectivity index (χ0) is 15.6. The number of carboxylic acid groups (broad SMARTS) is 1. The Hall–Kier alpha value is -1.97. The van der Waals surface area contributed by atoms with E-state index in [1.807, 2.05) is 12.1 Å². The third-order valence-electron chi connectivity index (χ3n) is 4.10. The number of carboxylic acids is 1. The monoisotopic (exact) mass is 289 g/mol. The first-order valence-corrected chi connectivity index (χ1v) is 7.24. The first-order valence-electron chi connectivity index (χ1n) is 7.24. The van der Waals surface area contributed by atoms with Crippen molar-refractivity contribution < 1.29 is 14.6 Å². The van der Waals surface area contributed by atoms with Crippen LogP contribution in [0.4, 0.5) is 5.69 Å². The number of fused-ring (bicyclic) bond motifs is 1. The standard InChI is InChI=1S/C17H23NO3/c1-11-13-9-8-12(21-4)10-15(13)18-17(2,3)14(11)6-5-7-16(19)20/h8-10,18H,5-7H2,1-4H3,(H,19,20). The van der Waals surface area contributed by atoms with Gasteiger partial charge in [-0.2, -0.15) is 0 Å². The minimum absolute atomic E-state index is 0.179. The van der Waals surface area contributed by atoms with Crippen molar-refractivity contribution in [3.8, 4) is 5.75 Å². The molecule has 1 aliphatic heterocycles. The van der Waals surface area contributed by atoms with Crippen LogP contribution in [0.15, 0.2) is 23.8 Å². The van der Waals surface area contributed by atoms with Gasteiger partial charge in [-0.1, -0.05) is 0 Å². The minimum Gasteiger partial charge on any atom is -0.497 e. The van der Waals surface area contributed by atoms with Gasteiger partial charge >= 0.3 is 5.97 Å². The molecule has 0 radical (unpaired) electrons. The SMILES string of the molecule is COc1ccc2c(c1)NC(C)(C)C(CCCC(=O)O)=C2C. The molecule has 0 aliphatic carbocycles. The maximum atomic E-state index is 10.7. The number of aliphatic carboxylic acids is 1. The van der Waals surface area contributed by atoms with Crippen molar-refractivity contribution in [2.75, 3.05) is 12.4 Å². The topological polar surface area (TPSA) is 58.6 Å². The maximum absolute atomic E-state index is 10.7. The van der Waals surface area contributed by atoms with Gasteiger partial charge in [0.15, 0.2) is 0 Å². The van der Waals surface area contributed by atoms with Crippen molar-refractivity contribution >= 4 is 17.2 Å². The number of hydrogen-bond acceptors (Lipinski definition) is 3. The molecule has 0 spiro atoms. The van der Waals surface area contributed by atoms with Gasteiger partial charge in [-0.15, -0.1) is 0 Å². The molecule has 0 saturated carbocycles. The van der Waals surface area contributed by atoms with Crippen molar-refractivity contribution in [1.82, 2.24) is 0 Å². The molecule has 114 valence electrons. The average Bonchev–Trinajstić information content (AvgIpc) is 2.40. The van der Waals surface area contributed by atoms with Crippen LogP contribution < -0.4 is 10.1 Å². The zero-order valence-corrected chi connectivity index (χ0v) is 13.1. The quantitative estimate of drug-likeness (QED) is 0.862. The van der Waals surface area contributed by atoms with Crippen molar-refractivity contribution in [2.24, 2.45) is 0 Å². The Balaban J connectivity index is 2.34. The van der Waals surface area contributed by atoms with E-state index in [4.69, 9.17) is 9.84 Å². The molecule has 1 aliphatic rings. The fraction of sp³-hybridized carbons (Fsp3) is 0.471. The van der Waals surface area contributed by atoms with Gasteiger partial charge in [0.05, 0.1) is 12.6 Å². The normalized spacial score (nSPS) is 16.2. The number of carbonyl (C=O) groups is 1. The van der Waals surface area contributed by atoms with Crippen molar-refractivity contribution in [2.45, 2.75) is 45.6 Å². The van der Waals surface area contributed by atoms with Gasteiger partial charge in [0.1, 0.15) is 5.75 Å². The first-order chi connectivity index (χ1) is 9.85. The van der Waals surface area contributed by atoms with Gasteiger partial charge < -0.3 is 15.2 Å². The molecule has 21 heavy (non-hydrogen) atoms. The van der Waals surface area contributed by atoms with E-state index in [1.54, 1.807) is 7.11 Å². The summed E-state index contributed by atoms with van der Waals surface area (Å²) in [4.78, 5) is 10.7. The van der Waals surface area contributed by atoms with Crippen LogP contribution in [0.25, 0.3) is 5.57 Å². The minimum atomic E-state index is -0.736. The molecule has 0 saturated heterocycles. The van der Waals surface area contributed by atoms with E-state index in [9.17, 15) is 4.79 Å². The number of hydrogen-bond donors (Lipinski definition) is 2. The second-order valence-corrected chi connectivity index (χ2v) is 6.01. The molecule has 4 heteroatoms. The molecule has 0 unspecified atom stereocenters. The van der Waals surface area contributed by atoms with E-state index >= 15 is 0 Å². The summed E-state index contributed by atoms with van der Waals surface area (Å²) in [7, 11) is 1.66. The molecule has 0 fully saturated rings. The average molecular weight is 289 g/mol. The second-order valence-electron chi connectivity index (χ2n) is 6.01. The first kappa shape index (κ1) is 15.4. The molecular formula is C17H23NO3. The predicted molar refractivity (Wildman–Crippen MR) is 84.8 cm³/mol. The second kappa shape index (κ2) is 5.80. The number of nitrogens with one attached hydrogen (secondary N) is 1. The lowest BCUT2D eigenvalue weighted by Gasteiger charge is -2.38. The summed E-state index contributed by atoms with van der Waals surface area (Å²) < 4.78 is 5.28.